The van der Waals surface area contributed by atoms with Gasteiger partial charge in [-0.2, -0.15) is 0 Å². The lowest BCUT2D eigenvalue weighted by molar-refractivity contribution is -0.103. The van der Waals surface area contributed by atoms with Crippen LogP contribution in [0.25, 0.3) is 0 Å². The van der Waals surface area contributed by atoms with Gasteiger partial charge in [0.05, 0.1) is 14.2 Å². The maximum Gasteiger partial charge on any atom is 0.193 e. The van der Waals surface area contributed by atoms with Crippen LogP contribution in [0.3, 0.4) is 0 Å². The molecule has 0 fully saturated rings. The van der Waals surface area contributed by atoms with E-state index >= 15 is 0 Å². The summed E-state index contributed by atoms with van der Waals surface area (Å²) in [7, 11) is 3.12. The van der Waals surface area contributed by atoms with E-state index in [4.69, 9.17) is 9.47 Å². The Morgan fingerprint density at radius 1 is 1.14 bits per heavy atom. The fourth-order valence-corrected chi connectivity index (χ4v) is 0.992. The summed E-state index contributed by atoms with van der Waals surface area (Å²) in [6.45, 7) is 0. The van der Waals surface area contributed by atoms with Crippen LogP contribution >= 0.6 is 0 Å². The number of rotatable bonds is 2. The van der Waals surface area contributed by atoms with Crippen LogP contribution in [-0.2, 0) is 4.79 Å². The van der Waals surface area contributed by atoms with Gasteiger partial charge in [0.25, 0.3) is 0 Å². The van der Waals surface area contributed by atoms with Crippen molar-refractivity contribution in [1.82, 2.24) is 0 Å². The zero-order chi connectivity index (χ0) is 10.4. The number of aldehydes is 1. The predicted molar refractivity (Wildman–Crippen MR) is 52.5 cm³/mol. The molecule has 0 unspecified atom stereocenters. The second-order valence-electron chi connectivity index (χ2n) is 2.49. The molecule has 0 spiro atoms. The maximum absolute atomic E-state index is 10.1. The van der Waals surface area contributed by atoms with Gasteiger partial charge in [0, 0.05) is 11.6 Å². The lowest BCUT2D eigenvalue weighted by atomic mass is 10.2. The Labute approximate surface area is 82.6 Å². The summed E-state index contributed by atoms with van der Waals surface area (Å²) in [6, 6.07) is 5.21. The highest BCUT2D eigenvalue weighted by atomic mass is 16.5. The van der Waals surface area contributed by atoms with Gasteiger partial charge in [0.1, 0.15) is 11.5 Å². The van der Waals surface area contributed by atoms with E-state index in [1.54, 1.807) is 32.4 Å². The summed E-state index contributed by atoms with van der Waals surface area (Å²) in [5.74, 6) is 6.30. The summed E-state index contributed by atoms with van der Waals surface area (Å²) in [5.41, 5.74) is 0.688. The van der Waals surface area contributed by atoms with Crippen LogP contribution in [0.15, 0.2) is 18.2 Å². The molecule has 3 heteroatoms. The Bertz CT molecular complexity index is 363. The number of carbonyl (C=O) groups is 1. The van der Waals surface area contributed by atoms with Crippen molar-refractivity contribution in [2.75, 3.05) is 14.2 Å². The largest absolute Gasteiger partial charge is 0.497 e. The van der Waals surface area contributed by atoms with E-state index in [9.17, 15) is 4.79 Å². The van der Waals surface area contributed by atoms with Crippen molar-refractivity contribution in [2.24, 2.45) is 0 Å². The van der Waals surface area contributed by atoms with E-state index in [-0.39, 0.29) is 0 Å². The average molecular weight is 190 g/mol. The molecule has 72 valence electrons. The third-order valence-electron chi connectivity index (χ3n) is 1.63. The average Bonchev–Trinajstić information content (AvgIpc) is 2.25. The highest BCUT2D eigenvalue weighted by Crippen LogP contribution is 2.21. The second kappa shape index (κ2) is 4.93. The highest BCUT2D eigenvalue weighted by molar-refractivity contribution is 5.74. The Balaban J connectivity index is 3.10. The van der Waals surface area contributed by atoms with Crippen molar-refractivity contribution in [3.8, 4) is 23.3 Å². The molecule has 0 aliphatic rings. The minimum Gasteiger partial charge on any atom is -0.497 e. The Hall–Kier alpha value is -1.95. The molecular weight excluding hydrogens is 180 g/mol. The minimum absolute atomic E-state index is 0.548. The third kappa shape index (κ3) is 2.53. The van der Waals surface area contributed by atoms with E-state index < -0.39 is 0 Å². The molecule has 0 aromatic heterocycles. The van der Waals surface area contributed by atoms with Gasteiger partial charge in [-0.25, -0.2) is 0 Å². The number of methoxy groups -OCH3 is 2. The summed E-state index contributed by atoms with van der Waals surface area (Å²) >= 11 is 0. The van der Waals surface area contributed by atoms with Crippen molar-refractivity contribution in [3.05, 3.63) is 23.8 Å². The van der Waals surface area contributed by atoms with Crippen molar-refractivity contribution in [2.45, 2.75) is 0 Å². The topological polar surface area (TPSA) is 35.5 Å². The van der Waals surface area contributed by atoms with Gasteiger partial charge in [0.2, 0.25) is 0 Å². The third-order valence-corrected chi connectivity index (χ3v) is 1.63. The van der Waals surface area contributed by atoms with Gasteiger partial charge < -0.3 is 9.47 Å². The number of benzene rings is 1. The number of carbonyl (C=O) groups excluding carboxylic acids is 1. The van der Waals surface area contributed by atoms with Gasteiger partial charge in [-0.3, -0.25) is 4.79 Å². The monoisotopic (exact) mass is 190 g/mol. The van der Waals surface area contributed by atoms with Crippen molar-refractivity contribution in [1.29, 1.82) is 0 Å². The Kier molecular flexibility index (Phi) is 3.57. The molecule has 0 atom stereocenters. The number of hydrogen-bond acceptors (Lipinski definition) is 3. The molecular formula is C11H10O3. The highest BCUT2D eigenvalue weighted by Gasteiger charge is 1.98. The smallest absolute Gasteiger partial charge is 0.193 e. The number of hydrogen-bond donors (Lipinski definition) is 0. The van der Waals surface area contributed by atoms with Crippen molar-refractivity contribution < 1.29 is 14.3 Å². The molecule has 3 nitrogen and oxygen atoms in total. The standard InChI is InChI=1S/C11H10O3/c1-13-10-6-9(4-3-5-12)7-11(8-10)14-2/h5-8H,1-2H3. The van der Waals surface area contributed by atoms with E-state index in [0.717, 1.165) is 0 Å². The van der Waals surface area contributed by atoms with Gasteiger partial charge in [0.15, 0.2) is 6.29 Å². The van der Waals surface area contributed by atoms with Crippen LogP contribution < -0.4 is 9.47 Å². The molecule has 1 aromatic rings. The maximum atomic E-state index is 10.1. The minimum atomic E-state index is 0.548. The molecule has 0 radical (unpaired) electrons. The van der Waals surface area contributed by atoms with Crippen LogP contribution in [0.4, 0.5) is 0 Å². The molecule has 0 amide bonds. The van der Waals surface area contributed by atoms with Crippen LogP contribution in [0.1, 0.15) is 5.56 Å². The fourth-order valence-electron chi connectivity index (χ4n) is 0.992. The second-order valence-corrected chi connectivity index (χ2v) is 2.49. The molecule has 1 aromatic carbocycles. The quantitative estimate of drug-likeness (QED) is 0.520. The van der Waals surface area contributed by atoms with E-state index in [0.29, 0.717) is 23.3 Å². The first-order chi connectivity index (χ1) is 6.80. The molecule has 0 saturated heterocycles. The molecule has 0 N–H and O–H groups in total. The first kappa shape index (κ1) is 10.1. The predicted octanol–water partition coefficient (Wildman–Crippen LogP) is 1.25. The number of ether oxygens (including phenoxy) is 2. The first-order valence-electron chi connectivity index (χ1n) is 3.98. The van der Waals surface area contributed by atoms with E-state index in [1.807, 2.05) is 0 Å². The molecule has 0 heterocycles. The van der Waals surface area contributed by atoms with E-state index in [2.05, 4.69) is 11.8 Å². The van der Waals surface area contributed by atoms with Gasteiger partial charge in [-0.15, -0.1) is 0 Å². The van der Waals surface area contributed by atoms with E-state index in [1.165, 1.54) is 0 Å². The zero-order valence-electron chi connectivity index (χ0n) is 8.03. The van der Waals surface area contributed by atoms with Crippen LogP contribution in [0.2, 0.25) is 0 Å². The Morgan fingerprint density at radius 2 is 1.71 bits per heavy atom. The van der Waals surface area contributed by atoms with Crippen molar-refractivity contribution in [3.63, 3.8) is 0 Å². The first-order valence-corrected chi connectivity index (χ1v) is 3.98. The summed E-state index contributed by atoms with van der Waals surface area (Å²) < 4.78 is 10.1. The van der Waals surface area contributed by atoms with Gasteiger partial charge >= 0.3 is 0 Å². The fraction of sp³-hybridized carbons (Fsp3) is 0.182. The molecule has 14 heavy (non-hydrogen) atoms. The van der Waals surface area contributed by atoms with Gasteiger partial charge in [-0.1, -0.05) is 5.92 Å². The molecule has 0 saturated carbocycles. The lowest BCUT2D eigenvalue weighted by Gasteiger charge is -2.04. The zero-order valence-corrected chi connectivity index (χ0v) is 8.03. The van der Waals surface area contributed by atoms with Crippen molar-refractivity contribution >= 4 is 6.29 Å². The molecule has 0 bridgehead atoms. The lowest BCUT2D eigenvalue weighted by Crippen LogP contribution is -1.88. The van der Waals surface area contributed by atoms with Crippen LogP contribution in [0, 0.1) is 11.8 Å². The molecule has 0 aliphatic heterocycles. The SMILES string of the molecule is COc1cc(C#CC=O)cc(OC)c1. The molecule has 1 rings (SSSR count). The van der Waals surface area contributed by atoms with Gasteiger partial charge in [-0.05, 0) is 18.1 Å². The van der Waals surface area contributed by atoms with Crippen LogP contribution in [-0.4, -0.2) is 20.5 Å². The summed E-state index contributed by atoms with van der Waals surface area (Å²) in [6.07, 6.45) is 0.548. The Morgan fingerprint density at radius 3 is 2.14 bits per heavy atom. The summed E-state index contributed by atoms with van der Waals surface area (Å²) in [4.78, 5) is 10.1. The van der Waals surface area contributed by atoms with Crippen LogP contribution in [0.5, 0.6) is 11.5 Å². The molecule has 0 aliphatic carbocycles. The summed E-state index contributed by atoms with van der Waals surface area (Å²) in [5, 5.41) is 0. The normalized spacial score (nSPS) is 8.43.